The van der Waals surface area contributed by atoms with Gasteiger partial charge in [0, 0.05) is 36.9 Å². The maximum Gasteiger partial charge on any atom is 0.0538 e. The standard InChI is InChI=1S/C14H28N4/c1-6-12(4)9-17(5)14(7-15)13-8-16-18(10-13)11(2)3/h8,10-12,14H,6-7,9,15H2,1-5H3. The van der Waals surface area contributed by atoms with Gasteiger partial charge in [-0.3, -0.25) is 9.58 Å². The summed E-state index contributed by atoms with van der Waals surface area (Å²) in [5, 5.41) is 4.40. The van der Waals surface area contributed by atoms with Gasteiger partial charge in [-0.05, 0) is 26.8 Å². The van der Waals surface area contributed by atoms with Gasteiger partial charge in [0.25, 0.3) is 0 Å². The van der Waals surface area contributed by atoms with Gasteiger partial charge in [0.05, 0.1) is 6.20 Å². The van der Waals surface area contributed by atoms with E-state index in [1.54, 1.807) is 0 Å². The van der Waals surface area contributed by atoms with E-state index in [9.17, 15) is 0 Å². The van der Waals surface area contributed by atoms with Crippen LogP contribution in [0.15, 0.2) is 12.4 Å². The van der Waals surface area contributed by atoms with Crippen LogP contribution in [0.4, 0.5) is 0 Å². The Morgan fingerprint density at radius 1 is 1.39 bits per heavy atom. The molecule has 4 heteroatoms. The molecular formula is C14H28N4. The molecule has 0 bridgehead atoms. The SMILES string of the molecule is CCC(C)CN(C)C(CN)c1cnn(C(C)C)c1. The molecule has 0 aliphatic rings. The van der Waals surface area contributed by atoms with E-state index < -0.39 is 0 Å². The summed E-state index contributed by atoms with van der Waals surface area (Å²) in [5.41, 5.74) is 7.15. The van der Waals surface area contributed by atoms with Crippen LogP contribution >= 0.6 is 0 Å². The van der Waals surface area contributed by atoms with Crippen LogP contribution in [-0.2, 0) is 0 Å². The minimum Gasteiger partial charge on any atom is -0.329 e. The summed E-state index contributed by atoms with van der Waals surface area (Å²) >= 11 is 0. The van der Waals surface area contributed by atoms with Crippen molar-refractivity contribution in [2.45, 2.75) is 46.2 Å². The first kappa shape index (κ1) is 15.2. The van der Waals surface area contributed by atoms with Crippen LogP contribution < -0.4 is 5.73 Å². The van der Waals surface area contributed by atoms with Gasteiger partial charge in [-0.15, -0.1) is 0 Å². The van der Waals surface area contributed by atoms with E-state index in [0.717, 1.165) is 6.54 Å². The van der Waals surface area contributed by atoms with Crippen molar-refractivity contribution in [1.29, 1.82) is 0 Å². The molecule has 0 saturated heterocycles. The highest BCUT2D eigenvalue weighted by molar-refractivity contribution is 5.11. The number of hydrogen-bond acceptors (Lipinski definition) is 3. The number of hydrogen-bond donors (Lipinski definition) is 1. The van der Waals surface area contributed by atoms with Gasteiger partial charge in [0.2, 0.25) is 0 Å². The molecule has 18 heavy (non-hydrogen) atoms. The number of nitrogens with zero attached hydrogens (tertiary/aromatic N) is 3. The van der Waals surface area contributed by atoms with Crippen LogP contribution in [0.5, 0.6) is 0 Å². The van der Waals surface area contributed by atoms with Gasteiger partial charge in [-0.2, -0.15) is 5.10 Å². The fraction of sp³-hybridized carbons (Fsp3) is 0.786. The van der Waals surface area contributed by atoms with Gasteiger partial charge in [-0.25, -0.2) is 0 Å². The first-order valence-electron chi connectivity index (χ1n) is 6.93. The molecule has 2 atom stereocenters. The summed E-state index contributed by atoms with van der Waals surface area (Å²) in [5.74, 6) is 0.698. The Balaban J connectivity index is 2.75. The van der Waals surface area contributed by atoms with E-state index in [1.165, 1.54) is 12.0 Å². The van der Waals surface area contributed by atoms with Crippen molar-refractivity contribution in [1.82, 2.24) is 14.7 Å². The van der Waals surface area contributed by atoms with E-state index in [-0.39, 0.29) is 6.04 Å². The predicted molar refractivity (Wildman–Crippen MR) is 76.5 cm³/mol. The monoisotopic (exact) mass is 252 g/mol. The Bertz CT molecular complexity index is 345. The molecule has 0 fully saturated rings. The lowest BCUT2D eigenvalue weighted by molar-refractivity contribution is 0.215. The fourth-order valence-corrected chi connectivity index (χ4v) is 2.13. The van der Waals surface area contributed by atoms with Crippen molar-refractivity contribution in [2.75, 3.05) is 20.1 Å². The van der Waals surface area contributed by atoms with E-state index >= 15 is 0 Å². The quantitative estimate of drug-likeness (QED) is 0.811. The Kier molecular flexibility index (Phi) is 5.82. The minimum atomic E-state index is 0.270. The lowest BCUT2D eigenvalue weighted by Gasteiger charge is -2.28. The van der Waals surface area contributed by atoms with E-state index in [0.29, 0.717) is 18.5 Å². The van der Waals surface area contributed by atoms with E-state index in [2.05, 4.69) is 50.9 Å². The Hall–Kier alpha value is -0.870. The molecule has 2 unspecified atom stereocenters. The Labute approximate surface area is 111 Å². The first-order chi connectivity index (χ1) is 8.49. The average molecular weight is 252 g/mol. The largest absolute Gasteiger partial charge is 0.329 e. The number of likely N-dealkylation sites (N-methyl/N-ethyl adjacent to an activating group) is 1. The molecule has 1 aromatic heterocycles. The first-order valence-corrected chi connectivity index (χ1v) is 6.93. The molecule has 1 rings (SSSR count). The summed E-state index contributed by atoms with van der Waals surface area (Å²) < 4.78 is 2.00. The second kappa shape index (κ2) is 6.90. The third-order valence-electron chi connectivity index (χ3n) is 3.59. The van der Waals surface area contributed by atoms with Gasteiger partial charge in [-0.1, -0.05) is 20.3 Å². The smallest absolute Gasteiger partial charge is 0.0538 e. The molecule has 1 heterocycles. The van der Waals surface area contributed by atoms with Crippen LogP contribution in [0.2, 0.25) is 0 Å². The van der Waals surface area contributed by atoms with Crippen LogP contribution in [0.25, 0.3) is 0 Å². The second-order valence-electron chi connectivity index (χ2n) is 5.55. The average Bonchev–Trinajstić information content (AvgIpc) is 2.79. The van der Waals surface area contributed by atoms with Gasteiger partial charge in [0.15, 0.2) is 0 Å². The molecule has 0 radical (unpaired) electrons. The highest BCUT2D eigenvalue weighted by atomic mass is 15.3. The maximum atomic E-state index is 5.93. The minimum absolute atomic E-state index is 0.270. The van der Waals surface area contributed by atoms with Crippen molar-refractivity contribution >= 4 is 0 Å². The molecule has 2 N–H and O–H groups in total. The molecule has 0 spiro atoms. The normalized spacial score (nSPS) is 15.3. The molecule has 0 saturated carbocycles. The highest BCUT2D eigenvalue weighted by Crippen LogP contribution is 2.20. The number of nitrogens with two attached hydrogens (primary N) is 1. The zero-order valence-electron chi connectivity index (χ0n) is 12.4. The summed E-state index contributed by atoms with van der Waals surface area (Å²) in [4.78, 5) is 2.34. The third-order valence-corrected chi connectivity index (χ3v) is 3.59. The van der Waals surface area contributed by atoms with Gasteiger partial charge in [0.1, 0.15) is 0 Å². The summed E-state index contributed by atoms with van der Waals surface area (Å²) in [6.07, 6.45) is 5.27. The molecule has 104 valence electrons. The summed E-state index contributed by atoms with van der Waals surface area (Å²) in [6, 6.07) is 0.670. The molecule has 0 amide bonds. The highest BCUT2D eigenvalue weighted by Gasteiger charge is 2.18. The van der Waals surface area contributed by atoms with Crippen LogP contribution in [-0.4, -0.2) is 34.8 Å². The van der Waals surface area contributed by atoms with Crippen LogP contribution in [0.1, 0.15) is 51.8 Å². The maximum absolute atomic E-state index is 5.93. The fourth-order valence-electron chi connectivity index (χ4n) is 2.13. The number of aromatic nitrogens is 2. The lowest BCUT2D eigenvalue weighted by atomic mass is 10.1. The van der Waals surface area contributed by atoms with E-state index in [1.807, 2.05) is 10.9 Å². The van der Waals surface area contributed by atoms with E-state index in [4.69, 9.17) is 5.73 Å². The Morgan fingerprint density at radius 3 is 2.50 bits per heavy atom. The molecule has 4 nitrogen and oxygen atoms in total. The van der Waals surface area contributed by atoms with Gasteiger partial charge >= 0.3 is 0 Å². The topological polar surface area (TPSA) is 47.1 Å². The molecule has 0 aliphatic heterocycles. The van der Waals surface area contributed by atoms with Crippen LogP contribution in [0.3, 0.4) is 0 Å². The van der Waals surface area contributed by atoms with Crippen molar-refractivity contribution in [3.8, 4) is 0 Å². The molecule has 1 aromatic rings. The molecule has 0 aliphatic carbocycles. The second-order valence-corrected chi connectivity index (χ2v) is 5.55. The zero-order chi connectivity index (χ0) is 13.7. The predicted octanol–water partition coefficient (Wildman–Crippen LogP) is 2.44. The van der Waals surface area contributed by atoms with Crippen molar-refractivity contribution < 1.29 is 0 Å². The van der Waals surface area contributed by atoms with Crippen molar-refractivity contribution in [3.05, 3.63) is 18.0 Å². The van der Waals surface area contributed by atoms with Crippen molar-refractivity contribution in [2.24, 2.45) is 11.7 Å². The zero-order valence-corrected chi connectivity index (χ0v) is 12.4. The summed E-state index contributed by atoms with van der Waals surface area (Å²) in [6.45, 7) is 10.5. The summed E-state index contributed by atoms with van der Waals surface area (Å²) in [7, 11) is 2.15. The molecular weight excluding hydrogens is 224 g/mol. The lowest BCUT2D eigenvalue weighted by Crippen LogP contribution is -2.33. The Morgan fingerprint density at radius 2 is 2.06 bits per heavy atom. The van der Waals surface area contributed by atoms with Crippen molar-refractivity contribution in [3.63, 3.8) is 0 Å². The third kappa shape index (κ3) is 3.82. The van der Waals surface area contributed by atoms with Gasteiger partial charge < -0.3 is 5.73 Å². The van der Waals surface area contributed by atoms with Crippen LogP contribution in [0, 0.1) is 5.92 Å². The number of rotatable bonds is 7. The molecule has 0 aromatic carbocycles.